The smallest absolute Gasteiger partial charge is 0.141 e. The Labute approximate surface area is 95.9 Å². The van der Waals surface area contributed by atoms with E-state index < -0.39 is 0 Å². The van der Waals surface area contributed by atoms with E-state index in [1.165, 1.54) is 0 Å². The molecule has 0 heterocycles. The largest absolute Gasteiger partial charge is 0.205 e. The minimum atomic E-state index is -0.177. The Kier molecular flexibility index (Phi) is 4.20. The van der Waals surface area contributed by atoms with Crippen molar-refractivity contribution < 1.29 is 4.39 Å². The van der Waals surface area contributed by atoms with Crippen LogP contribution >= 0.6 is 47.8 Å². The van der Waals surface area contributed by atoms with E-state index in [0.717, 1.165) is 9.80 Å². The SMILES string of the molecule is Fc1c(Br)ccc(Br)c1CCBr. The van der Waals surface area contributed by atoms with Gasteiger partial charge in [-0.25, -0.2) is 4.39 Å². The average Bonchev–Trinajstić information content (AvgIpc) is 2.06. The Morgan fingerprint density at radius 2 is 1.75 bits per heavy atom. The second kappa shape index (κ2) is 4.72. The lowest BCUT2D eigenvalue weighted by Crippen LogP contribution is -1.94. The van der Waals surface area contributed by atoms with Crippen LogP contribution in [0.2, 0.25) is 0 Å². The second-order valence-electron chi connectivity index (χ2n) is 2.26. The fourth-order valence-corrected chi connectivity index (χ4v) is 2.17. The van der Waals surface area contributed by atoms with Crippen LogP contribution in [0.25, 0.3) is 0 Å². The Hall–Kier alpha value is 0.590. The molecule has 0 aliphatic rings. The zero-order valence-electron chi connectivity index (χ0n) is 6.08. The first-order chi connectivity index (χ1) is 5.66. The van der Waals surface area contributed by atoms with Gasteiger partial charge in [0, 0.05) is 15.4 Å². The summed E-state index contributed by atoms with van der Waals surface area (Å²) in [5.41, 5.74) is 0.709. The second-order valence-corrected chi connectivity index (χ2v) is 4.76. The molecule has 1 rings (SSSR count). The zero-order valence-corrected chi connectivity index (χ0v) is 10.8. The molecule has 4 heteroatoms. The highest BCUT2D eigenvalue weighted by Crippen LogP contribution is 2.26. The fraction of sp³-hybridized carbons (Fsp3) is 0.250. The molecule has 0 aromatic heterocycles. The molecule has 66 valence electrons. The Balaban J connectivity index is 3.14. The van der Waals surface area contributed by atoms with Crippen LogP contribution in [0.15, 0.2) is 21.1 Å². The van der Waals surface area contributed by atoms with E-state index in [4.69, 9.17) is 0 Å². The van der Waals surface area contributed by atoms with Gasteiger partial charge in [-0.15, -0.1) is 0 Å². The first-order valence-corrected chi connectivity index (χ1v) is 6.06. The minimum absolute atomic E-state index is 0.177. The van der Waals surface area contributed by atoms with Crippen LogP contribution in [0, 0.1) is 5.82 Å². The number of halogens is 4. The highest BCUT2D eigenvalue weighted by Gasteiger charge is 2.09. The summed E-state index contributed by atoms with van der Waals surface area (Å²) in [6.07, 6.45) is 0.686. The predicted molar refractivity (Wildman–Crippen MR) is 59.3 cm³/mol. The molecule has 0 unspecified atom stereocenters. The molecular weight excluding hydrogens is 355 g/mol. The summed E-state index contributed by atoms with van der Waals surface area (Å²) < 4.78 is 14.7. The van der Waals surface area contributed by atoms with Crippen molar-refractivity contribution in [3.63, 3.8) is 0 Å². The third-order valence-corrected chi connectivity index (χ3v) is 3.24. The van der Waals surface area contributed by atoms with Crippen molar-refractivity contribution in [3.8, 4) is 0 Å². The lowest BCUT2D eigenvalue weighted by molar-refractivity contribution is 0.605. The zero-order chi connectivity index (χ0) is 9.14. The number of hydrogen-bond acceptors (Lipinski definition) is 0. The third kappa shape index (κ3) is 2.30. The molecule has 0 bridgehead atoms. The van der Waals surface area contributed by atoms with Gasteiger partial charge in [0.1, 0.15) is 5.82 Å². The molecular formula is C8H6Br3F. The molecule has 0 nitrogen and oxygen atoms in total. The first kappa shape index (κ1) is 10.7. The number of alkyl halides is 1. The molecule has 0 saturated carbocycles. The summed E-state index contributed by atoms with van der Waals surface area (Å²) in [4.78, 5) is 0. The Morgan fingerprint density at radius 3 is 2.33 bits per heavy atom. The van der Waals surface area contributed by atoms with Gasteiger partial charge in [-0.2, -0.15) is 0 Å². The molecule has 0 aliphatic carbocycles. The highest BCUT2D eigenvalue weighted by atomic mass is 79.9. The summed E-state index contributed by atoms with van der Waals surface area (Å²) in [5.74, 6) is -0.177. The van der Waals surface area contributed by atoms with E-state index in [2.05, 4.69) is 47.8 Å². The quantitative estimate of drug-likeness (QED) is 0.545. The van der Waals surface area contributed by atoms with Crippen LogP contribution in [0.5, 0.6) is 0 Å². The number of rotatable bonds is 2. The topological polar surface area (TPSA) is 0 Å². The minimum Gasteiger partial charge on any atom is -0.205 e. The van der Waals surface area contributed by atoms with Crippen LogP contribution in [0.1, 0.15) is 5.56 Å². The summed E-state index contributed by atoms with van der Waals surface area (Å²) >= 11 is 9.72. The van der Waals surface area contributed by atoms with Gasteiger partial charge in [-0.1, -0.05) is 31.9 Å². The van der Waals surface area contributed by atoms with Crippen molar-refractivity contribution in [3.05, 3.63) is 32.5 Å². The number of hydrogen-bond donors (Lipinski definition) is 0. The van der Waals surface area contributed by atoms with Gasteiger partial charge < -0.3 is 0 Å². The van der Waals surface area contributed by atoms with Gasteiger partial charge in [0.2, 0.25) is 0 Å². The summed E-state index contributed by atoms with van der Waals surface area (Å²) in [5, 5.41) is 0.763. The van der Waals surface area contributed by atoms with Crippen LogP contribution in [-0.4, -0.2) is 5.33 Å². The molecule has 0 amide bonds. The van der Waals surface area contributed by atoms with Crippen LogP contribution in [-0.2, 0) is 6.42 Å². The third-order valence-electron chi connectivity index (χ3n) is 1.48. The van der Waals surface area contributed by atoms with Crippen molar-refractivity contribution in [1.82, 2.24) is 0 Å². The molecule has 0 radical (unpaired) electrons. The monoisotopic (exact) mass is 358 g/mol. The van der Waals surface area contributed by atoms with Gasteiger partial charge in [0.05, 0.1) is 4.47 Å². The lowest BCUT2D eigenvalue weighted by atomic mass is 10.2. The molecule has 0 spiro atoms. The molecule has 1 aromatic carbocycles. The van der Waals surface area contributed by atoms with Crippen LogP contribution in [0.4, 0.5) is 4.39 Å². The van der Waals surface area contributed by atoms with E-state index >= 15 is 0 Å². The molecule has 0 fully saturated rings. The fourth-order valence-electron chi connectivity index (χ4n) is 0.893. The first-order valence-electron chi connectivity index (χ1n) is 3.35. The Bertz CT molecular complexity index is 286. The summed E-state index contributed by atoms with van der Waals surface area (Å²) in [6, 6.07) is 3.53. The van der Waals surface area contributed by atoms with Crippen LogP contribution < -0.4 is 0 Å². The van der Waals surface area contributed by atoms with Gasteiger partial charge in [0.15, 0.2) is 0 Å². The maximum Gasteiger partial charge on any atom is 0.141 e. The molecule has 1 aromatic rings. The lowest BCUT2D eigenvalue weighted by Gasteiger charge is -2.04. The van der Waals surface area contributed by atoms with Crippen molar-refractivity contribution in [2.45, 2.75) is 6.42 Å². The molecule has 0 aliphatic heterocycles. The van der Waals surface area contributed by atoms with Crippen molar-refractivity contribution >= 4 is 47.8 Å². The van der Waals surface area contributed by atoms with E-state index in [-0.39, 0.29) is 5.82 Å². The summed E-state index contributed by atoms with van der Waals surface area (Å²) in [7, 11) is 0. The Morgan fingerprint density at radius 1 is 1.17 bits per heavy atom. The molecule has 0 atom stereocenters. The summed E-state index contributed by atoms with van der Waals surface area (Å²) in [6.45, 7) is 0. The van der Waals surface area contributed by atoms with Gasteiger partial charge in [-0.05, 0) is 34.5 Å². The van der Waals surface area contributed by atoms with Gasteiger partial charge in [0.25, 0.3) is 0 Å². The highest BCUT2D eigenvalue weighted by molar-refractivity contribution is 9.11. The normalized spacial score (nSPS) is 10.3. The van der Waals surface area contributed by atoms with Crippen LogP contribution in [0.3, 0.4) is 0 Å². The van der Waals surface area contributed by atoms with Crippen molar-refractivity contribution in [2.75, 3.05) is 5.33 Å². The standard InChI is InChI=1S/C8H6Br3F/c9-4-3-5-6(10)1-2-7(11)8(5)12/h1-2H,3-4H2. The number of benzene rings is 1. The van der Waals surface area contributed by atoms with Crippen molar-refractivity contribution in [1.29, 1.82) is 0 Å². The van der Waals surface area contributed by atoms with E-state index in [9.17, 15) is 4.39 Å². The van der Waals surface area contributed by atoms with E-state index in [1.54, 1.807) is 6.07 Å². The molecule has 12 heavy (non-hydrogen) atoms. The van der Waals surface area contributed by atoms with Gasteiger partial charge >= 0.3 is 0 Å². The average molecular weight is 361 g/mol. The predicted octanol–water partition coefficient (Wildman–Crippen LogP) is 4.29. The van der Waals surface area contributed by atoms with E-state index in [1.807, 2.05) is 6.07 Å². The maximum absolute atomic E-state index is 13.4. The van der Waals surface area contributed by atoms with E-state index in [0.29, 0.717) is 16.5 Å². The maximum atomic E-state index is 13.4. The van der Waals surface area contributed by atoms with Gasteiger partial charge in [-0.3, -0.25) is 0 Å². The molecule has 0 saturated heterocycles. The molecule has 0 N–H and O–H groups in total. The van der Waals surface area contributed by atoms with Crippen molar-refractivity contribution in [2.24, 2.45) is 0 Å².